The highest BCUT2D eigenvalue weighted by Gasteiger charge is 2.02. The number of ether oxygens (including phenoxy) is 1. The van der Waals surface area contributed by atoms with E-state index in [1.165, 1.54) is 7.11 Å². The summed E-state index contributed by atoms with van der Waals surface area (Å²) < 4.78 is 4.91. The van der Waals surface area contributed by atoms with Crippen LogP contribution < -0.4 is 4.74 Å². The maximum atomic E-state index is 8.78. The highest BCUT2D eigenvalue weighted by atomic mass is 16.5. The molecule has 0 aliphatic heterocycles. The van der Waals surface area contributed by atoms with Crippen molar-refractivity contribution < 1.29 is 9.84 Å². The van der Waals surface area contributed by atoms with Crippen molar-refractivity contribution in [2.45, 2.75) is 13.5 Å². The van der Waals surface area contributed by atoms with E-state index in [-0.39, 0.29) is 6.61 Å². The topological polar surface area (TPSA) is 55.2 Å². The second-order valence-corrected chi connectivity index (χ2v) is 2.11. The zero-order valence-corrected chi connectivity index (χ0v) is 6.53. The standard InChI is InChI=1S/C7H10N2O2/c1-5-8-3-6(4-10)7(9-5)11-2/h3,10H,4H2,1-2H3. The third-order valence-corrected chi connectivity index (χ3v) is 1.31. The van der Waals surface area contributed by atoms with Crippen molar-refractivity contribution in [1.29, 1.82) is 0 Å². The van der Waals surface area contributed by atoms with Gasteiger partial charge in [-0.15, -0.1) is 0 Å². The van der Waals surface area contributed by atoms with E-state index in [1.807, 2.05) is 0 Å². The van der Waals surface area contributed by atoms with Gasteiger partial charge in [-0.25, -0.2) is 4.98 Å². The van der Waals surface area contributed by atoms with E-state index >= 15 is 0 Å². The summed E-state index contributed by atoms with van der Waals surface area (Å²) in [5.74, 6) is 1.08. The summed E-state index contributed by atoms with van der Waals surface area (Å²) >= 11 is 0. The molecule has 1 rings (SSSR count). The smallest absolute Gasteiger partial charge is 0.221 e. The number of rotatable bonds is 2. The molecule has 1 aromatic rings. The van der Waals surface area contributed by atoms with Gasteiger partial charge in [0.05, 0.1) is 19.3 Å². The molecule has 1 aromatic heterocycles. The van der Waals surface area contributed by atoms with E-state index in [0.717, 1.165) is 0 Å². The molecule has 60 valence electrons. The van der Waals surface area contributed by atoms with Crippen LogP contribution in [0.15, 0.2) is 6.20 Å². The van der Waals surface area contributed by atoms with Crippen molar-refractivity contribution in [3.05, 3.63) is 17.6 Å². The van der Waals surface area contributed by atoms with Gasteiger partial charge in [-0.3, -0.25) is 0 Å². The molecule has 1 heterocycles. The summed E-state index contributed by atoms with van der Waals surface area (Å²) in [5.41, 5.74) is 0.609. The molecule has 0 saturated heterocycles. The Bertz CT molecular complexity index is 250. The molecule has 4 heteroatoms. The van der Waals surface area contributed by atoms with Crippen LogP contribution in [0.2, 0.25) is 0 Å². The highest BCUT2D eigenvalue weighted by Crippen LogP contribution is 2.12. The Kier molecular flexibility index (Phi) is 2.38. The van der Waals surface area contributed by atoms with Gasteiger partial charge < -0.3 is 9.84 Å². The van der Waals surface area contributed by atoms with Crippen LogP contribution in [0.3, 0.4) is 0 Å². The SMILES string of the molecule is COc1nc(C)ncc1CO. The van der Waals surface area contributed by atoms with Crippen LogP contribution >= 0.6 is 0 Å². The average Bonchev–Trinajstić information content (AvgIpc) is 2.04. The average molecular weight is 154 g/mol. The third kappa shape index (κ3) is 1.65. The van der Waals surface area contributed by atoms with Crippen molar-refractivity contribution in [3.63, 3.8) is 0 Å². The van der Waals surface area contributed by atoms with Gasteiger partial charge in [0.25, 0.3) is 0 Å². The maximum absolute atomic E-state index is 8.78. The van der Waals surface area contributed by atoms with Crippen molar-refractivity contribution in [2.24, 2.45) is 0 Å². The lowest BCUT2D eigenvalue weighted by Gasteiger charge is -2.03. The van der Waals surface area contributed by atoms with Gasteiger partial charge in [-0.2, -0.15) is 4.98 Å². The molecule has 0 radical (unpaired) electrons. The first kappa shape index (κ1) is 7.94. The number of methoxy groups -OCH3 is 1. The fourth-order valence-corrected chi connectivity index (χ4v) is 0.759. The van der Waals surface area contributed by atoms with E-state index in [1.54, 1.807) is 13.1 Å². The minimum absolute atomic E-state index is 0.0938. The van der Waals surface area contributed by atoms with E-state index in [2.05, 4.69) is 9.97 Å². The molecule has 0 bridgehead atoms. The molecular weight excluding hydrogens is 144 g/mol. The molecule has 0 saturated carbocycles. The maximum Gasteiger partial charge on any atom is 0.221 e. The molecule has 4 nitrogen and oxygen atoms in total. The van der Waals surface area contributed by atoms with Crippen LogP contribution in [-0.4, -0.2) is 22.2 Å². The van der Waals surface area contributed by atoms with Crippen LogP contribution in [0.5, 0.6) is 5.88 Å². The quantitative estimate of drug-likeness (QED) is 0.665. The Balaban J connectivity index is 3.06. The lowest BCUT2D eigenvalue weighted by Crippen LogP contribution is -1.98. The van der Waals surface area contributed by atoms with Crippen molar-refractivity contribution in [1.82, 2.24) is 9.97 Å². The molecule has 0 aliphatic rings. The Morgan fingerprint density at radius 2 is 2.36 bits per heavy atom. The number of aromatic nitrogens is 2. The van der Waals surface area contributed by atoms with Gasteiger partial charge in [0.15, 0.2) is 0 Å². The second kappa shape index (κ2) is 3.30. The number of aliphatic hydroxyl groups excluding tert-OH is 1. The largest absolute Gasteiger partial charge is 0.481 e. The Labute approximate surface area is 64.9 Å². The zero-order chi connectivity index (χ0) is 8.27. The Hall–Kier alpha value is -1.16. The van der Waals surface area contributed by atoms with E-state index in [4.69, 9.17) is 9.84 Å². The molecule has 0 atom stereocenters. The fourth-order valence-electron chi connectivity index (χ4n) is 0.759. The summed E-state index contributed by atoms with van der Waals surface area (Å²) in [6.07, 6.45) is 1.56. The summed E-state index contributed by atoms with van der Waals surface area (Å²) in [6, 6.07) is 0. The molecular formula is C7H10N2O2. The summed E-state index contributed by atoms with van der Waals surface area (Å²) in [4.78, 5) is 7.88. The Morgan fingerprint density at radius 3 is 2.91 bits per heavy atom. The molecule has 0 aliphatic carbocycles. The number of hydrogen-bond donors (Lipinski definition) is 1. The highest BCUT2D eigenvalue weighted by molar-refractivity contribution is 5.22. The molecule has 0 amide bonds. The Morgan fingerprint density at radius 1 is 1.64 bits per heavy atom. The normalized spacial score (nSPS) is 9.73. The molecule has 0 aromatic carbocycles. The lowest BCUT2D eigenvalue weighted by atomic mass is 10.3. The predicted molar refractivity (Wildman–Crippen MR) is 39.2 cm³/mol. The molecule has 0 unspecified atom stereocenters. The summed E-state index contributed by atoms with van der Waals surface area (Å²) in [7, 11) is 1.51. The van der Waals surface area contributed by atoms with Crippen molar-refractivity contribution >= 4 is 0 Å². The first-order valence-electron chi connectivity index (χ1n) is 3.25. The first-order valence-corrected chi connectivity index (χ1v) is 3.25. The zero-order valence-electron chi connectivity index (χ0n) is 6.53. The minimum Gasteiger partial charge on any atom is -0.481 e. The van der Waals surface area contributed by atoms with Gasteiger partial charge in [0, 0.05) is 6.20 Å². The molecule has 0 spiro atoms. The first-order chi connectivity index (χ1) is 5.27. The second-order valence-electron chi connectivity index (χ2n) is 2.11. The molecule has 11 heavy (non-hydrogen) atoms. The van der Waals surface area contributed by atoms with Crippen LogP contribution in [-0.2, 0) is 6.61 Å². The van der Waals surface area contributed by atoms with Crippen LogP contribution in [0.4, 0.5) is 0 Å². The van der Waals surface area contributed by atoms with Crippen molar-refractivity contribution in [3.8, 4) is 5.88 Å². The lowest BCUT2D eigenvalue weighted by molar-refractivity contribution is 0.270. The minimum atomic E-state index is -0.0938. The summed E-state index contributed by atoms with van der Waals surface area (Å²) in [5, 5.41) is 8.78. The van der Waals surface area contributed by atoms with Gasteiger partial charge in [0.2, 0.25) is 5.88 Å². The number of nitrogens with zero attached hydrogens (tertiary/aromatic N) is 2. The van der Waals surface area contributed by atoms with Gasteiger partial charge in [0.1, 0.15) is 5.82 Å². The molecule has 0 fully saturated rings. The van der Waals surface area contributed by atoms with Crippen LogP contribution in [0.1, 0.15) is 11.4 Å². The third-order valence-electron chi connectivity index (χ3n) is 1.31. The predicted octanol–water partition coefficient (Wildman–Crippen LogP) is 0.286. The van der Waals surface area contributed by atoms with Gasteiger partial charge in [-0.1, -0.05) is 0 Å². The number of hydrogen-bond acceptors (Lipinski definition) is 4. The van der Waals surface area contributed by atoms with Gasteiger partial charge >= 0.3 is 0 Å². The van der Waals surface area contributed by atoms with Crippen LogP contribution in [0.25, 0.3) is 0 Å². The van der Waals surface area contributed by atoms with E-state index < -0.39 is 0 Å². The van der Waals surface area contributed by atoms with Crippen LogP contribution in [0, 0.1) is 6.92 Å². The monoisotopic (exact) mass is 154 g/mol. The number of aliphatic hydroxyl groups is 1. The summed E-state index contributed by atoms with van der Waals surface area (Å²) in [6.45, 7) is 1.67. The fraction of sp³-hybridized carbons (Fsp3) is 0.429. The van der Waals surface area contributed by atoms with Crippen molar-refractivity contribution in [2.75, 3.05) is 7.11 Å². The number of aryl methyl sites for hydroxylation is 1. The van der Waals surface area contributed by atoms with E-state index in [9.17, 15) is 0 Å². The van der Waals surface area contributed by atoms with E-state index in [0.29, 0.717) is 17.3 Å². The van der Waals surface area contributed by atoms with Gasteiger partial charge in [-0.05, 0) is 6.92 Å². The molecule has 1 N–H and O–H groups in total.